The molecule has 46 heavy (non-hydrogen) atoms. The van der Waals surface area contributed by atoms with E-state index in [9.17, 15) is 21.6 Å². The van der Waals surface area contributed by atoms with Gasteiger partial charge in [-0.25, -0.2) is 21.6 Å². The number of fused-ring (bicyclic) bond motifs is 4. The van der Waals surface area contributed by atoms with Crippen LogP contribution >= 0.6 is 11.6 Å². The maximum absolute atomic E-state index is 13.3. The summed E-state index contributed by atoms with van der Waals surface area (Å²) in [6.45, 7) is 3.51. The van der Waals surface area contributed by atoms with Gasteiger partial charge in [0, 0.05) is 35.3 Å². The number of carbonyl (C=O) groups excluding carboxylic acids is 1. The van der Waals surface area contributed by atoms with Crippen molar-refractivity contribution < 1.29 is 31.1 Å². The second-order valence-electron chi connectivity index (χ2n) is 13.5. The Kier molecular flexibility index (Phi) is 9.51. The Morgan fingerprint density at radius 3 is 2.74 bits per heavy atom. The van der Waals surface area contributed by atoms with Gasteiger partial charge in [0.05, 0.1) is 36.0 Å². The molecule has 2 heterocycles. The molecule has 9 nitrogen and oxygen atoms in total. The zero-order chi connectivity index (χ0) is 32.7. The molecule has 5 atom stereocenters. The molecule has 1 N–H and O–H groups in total. The number of hydrogen-bond acceptors (Lipinski definition) is 8. The summed E-state index contributed by atoms with van der Waals surface area (Å²) in [4.78, 5) is 15.7. The van der Waals surface area contributed by atoms with Crippen LogP contribution in [0.5, 0.6) is 5.75 Å². The molecule has 1 saturated carbocycles. The smallest absolute Gasteiger partial charge is 0.264 e. The molecule has 2 bridgehead atoms. The van der Waals surface area contributed by atoms with Crippen LogP contribution in [0.25, 0.3) is 0 Å². The lowest BCUT2D eigenvalue weighted by atomic mass is 9.68. The molecule has 1 amide bonds. The number of benzene rings is 2. The average molecular weight is 691 g/mol. The maximum atomic E-state index is 13.3. The molecule has 0 aromatic heterocycles. The number of anilines is 1. The molecule has 1 spiro atoms. The van der Waals surface area contributed by atoms with Gasteiger partial charge in [0.2, 0.25) is 10.0 Å². The van der Waals surface area contributed by atoms with Crippen molar-refractivity contribution in [2.24, 2.45) is 11.8 Å². The normalized spacial score (nSPS) is 30.2. The molecule has 6 rings (SSSR count). The Bertz CT molecular complexity index is 1730. The number of aryl methyl sites for hydroxylation is 1. The molecule has 1 fully saturated rings. The molecule has 2 aromatic carbocycles. The SMILES string of the molecule is C[C@@H]1CC/C=C/[C@H](OCCS(C)(=O)=O)[C@@H]2CC[C@H]2CN2C[C@@]3(CCCc4cc(Cl)ccc43)COc3ccc(cc32)C(=O)NS1(=O)=O. The summed E-state index contributed by atoms with van der Waals surface area (Å²) in [5, 5.41) is -0.0821. The fraction of sp³-hybridized carbons (Fsp3) is 0.559. The van der Waals surface area contributed by atoms with E-state index >= 15 is 0 Å². The number of halogens is 1. The summed E-state index contributed by atoms with van der Waals surface area (Å²) < 4.78 is 65.1. The van der Waals surface area contributed by atoms with Crippen molar-refractivity contribution >= 4 is 43.1 Å². The van der Waals surface area contributed by atoms with Crippen molar-refractivity contribution in [1.82, 2.24) is 4.72 Å². The fourth-order valence-electron chi connectivity index (χ4n) is 7.45. The highest BCUT2D eigenvalue weighted by Gasteiger charge is 2.44. The van der Waals surface area contributed by atoms with Gasteiger partial charge in [-0.1, -0.05) is 29.8 Å². The van der Waals surface area contributed by atoms with Gasteiger partial charge >= 0.3 is 0 Å². The predicted octanol–water partition coefficient (Wildman–Crippen LogP) is 5.07. The van der Waals surface area contributed by atoms with Gasteiger partial charge in [0.1, 0.15) is 15.6 Å². The quantitative estimate of drug-likeness (QED) is 0.442. The standard InChI is InChI=1S/C34H43ClN2O7S2/c1-23-6-3-4-8-31(43-16-17-45(2,39)40)28-12-9-26(28)20-37-21-34(15-5-7-24-18-27(35)11-13-29(24)34)22-44-32-14-10-25(19-30(32)37)33(38)36-46(23,41)42/h4,8,10-11,13-14,18-19,23,26,28,31H,3,5-7,9,12,15-17,20-22H2,1-2H3,(H,36,38)/b8-4+/t23-,26+,28-,31+,34+/m1/s1. The van der Waals surface area contributed by atoms with Crippen molar-refractivity contribution in [2.45, 2.75) is 68.6 Å². The number of amides is 1. The highest BCUT2D eigenvalue weighted by molar-refractivity contribution is 7.90. The van der Waals surface area contributed by atoms with Gasteiger partial charge in [-0.05, 0) is 105 Å². The minimum atomic E-state index is -3.93. The van der Waals surface area contributed by atoms with Gasteiger partial charge in [0.25, 0.3) is 5.91 Å². The second kappa shape index (κ2) is 13.1. The summed E-state index contributed by atoms with van der Waals surface area (Å²) >= 11 is 6.41. The van der Waals surface area contributed by atoms with E-state index in [-0.39, 0.29) is 41.3 Å². The number of hydrogen-bond donors (Lipinski definition) is 1. The van der Waals surface area contributed by atoms with Gasteiger partial charge < -0.3 is 14.4 Å². The highest BCUT2D eigenvalue weighted by Crippen LogP contribution is 2.47. The van der Waals surface area contributed by atoms with Crippen molar-refractivity contribution in [1.29, 1.82) is 0 Å². The number of allylic oxidation sites excluding steroid dienone is 1. The largest absolute Gasteiger partial charge is 0.490 e. The Labute approximate surface area is 277 Å². The van der Waals surface area contributed by atoms with Gasteiger partial charge in [0.15, 0.2) is 0 Å². The molecular formula is C34H43ClN2O7S2. The summed E-state index contributed by atoms with van der Waals surface area (Å²) in [6, 6.07) is 11.3. The first-order valence-electron chi connectivity index (χ1n) is 16.2. The monoisotopic (exact) mass is 690 g/mol. The zero-order valence-corrected chi connectivity index (χ0v) is 28.8. The first-order valence-corrected chi connectivity index (χ1v) is 20.1. The topological polar surface area (TPSA) is 119 Å². The Hall–Kier alpha value is -2.60. The third kappa shape index (κ3) is 7.12. The lowest BCUT2D eigenvalue weighted by Gasteiger charge is -2.46. The van der Waals surface area contributed by atoms with Crippen LogP contribution in [-0.4, -0.2) is 72.4 Å². The maximum Gasteiger partial charge on any atom is 0.264 e. The van der Waals surface area contributed by atoms with E-state index in [1.165, 1.54) is 17.4 Å². The van der Waals surface area contributed by atoms with Crippen molar-refractivity contribution in [2.75, 3.05) is 43.2 Å². The summed E-state index contributed by atoms with van der Waals surface area (Å²) in [7, 11) is -7.11. The van der Waals surface area contributed by atoms with Crippen LogP contribution in [0.1, 0.15) is 66.9 Å². The first-order chi connectivity index (χ1) is 21.8. The van der Waals surface area contributed by atoms with E-state index in [0.29, 0.717) is 43.3 Å². The van der Waals surface area contributed by atoms with Gasteiger partial charge in [-0.2, -0.15) is 0 Å². The number of nitrogens with one attached hydrogen (secondary N) is 1. The molecule has 2 aliphatic heterocycles. The molecule has 4 aliphatic rings. The third-order valence-corrected chi connectivity index (χ3v) is 13.2. The fourth-order valence-corrected chi connectivity index (χ4v) is 9.07. The summed E-state index contributed by atoms with van der Waals surface area (Å²) in [5.41, 5.74) is 3.18. The minimum Gasteiger partial charge on any atom is -0.490 e. The number of nitrogens with zero attached hydrogens (tertiary/aromatic N) is 1. The number of carbonyl (C=O) groups is 1. The van der Waals surface area contributed by atoms with Gasteiger partial charge in [-0.3, -0.25) is 4.79 Å². The van der Waals surface area contributed by atoms with E-state index in [2.05, 4.69) is 21.8 Å². The van der Waals surface area contributed by atoms with E-state index in [4.69, 9.17) is 21.1 Å². The summed E-state index contributed by atoms with van der Waals surface area (Å²) in [5.74, 6) is 0.361. The Balaban J connectivity index is 1.39. The molecule has 0 saturated heterocycles. The lowest BCUT2D eigenvalue weighted by Crippen LogP contribution is -2.49. The average Bonchev–Trinajstić information content (AvgIpc) is 3.12. The van der Waals surface area contributed by atoms with Crippen LogP contribution in [0.2, 0.25) is 5.02 Å². The number of sulfone groups is 1. The van der Waals surface area contributed by atoms with Crippen LogP contribution < -0.4 is 14.4 Å². The Morgan fingerprint density at radius 1 is 1.15 bits per heavy atom. The molecule has 2 aromatic rings. The zero-order valence-electron chi connectivity index (χ0n) is 26.4. The van der Waals surface area contributed by atoms with Crippen molar-refractivity contribution in [3.63, 3.8) is 0 Å². The Morgan fingerprint density at radius 2 is 1.98 bits per heavy atom. The van der Waals surface area contributed by atoms with Gasteiger partial charge in [-0.15, -0.1) is 0 Å². The molecule has 0 unspecified atom stereocenters. The van der Waals surface area contributed by atoms with Crippen LogP contribution in [0.3, 0.4) is 0 Å². The molecule has 0 radical (unpaired) electrons. The third-order valence-electron chi connectivity index (χ3n) is 10.2. The van der Waals surface area contributed by atoms with E-state index in [0.717, 1.165) is 37.8 Å². The predicted molar refractivity (Wildman–Crippen MR) is 180 cm³/mol. The minimum absolute atomic E-state index is 0.0603. The lowest BCUT2D eigenvalue weighted by molar-refractivity contribution is -0.00783. The molecule has 250 valence electrons. The second-order valence-corrected chi connectivity index (χ2v) is 18.3. The number of sulfonamides is 1. The van der Waals surface area contributed by atoms with E-state index < -0.39 is 31.0 Å². The van der Waals surface area contributed by atoms with Crippen LogP contribution in [-0.2, 0) is 36.4 Å². The highest BCUT2D eigenvalue weighted by atomic mass is 35.5. The molecule has 12 heteroatoms. The van der Waals surface area contributed by atoms with E-state index in [1.807, 2.05) is 18.2 Å². The summed E-state index contributed by atoms with van der Waals surface area (Å²) in [6.07, 6.45) is 10.4. The molecule has 2 aliphatic carbocycles. The van der Waals surface area contributed by atoms with Crippen LogP contribution in [0.4, 0.5) is 5.69 Å². The first kappa shape index (κ1) is 33.3. The van der Waals surface area contributed by atoms with Crippen molar-refractivity contribution in [3.8, 4) is 5.75 Å². The molecular weight excluding hydrogens is 648 g/mol. The number of ether oxygens (including phenoxy) is 2. The van der Waals surface area contributed by atoms with Crippen molar-refractivity contribution in [3.05, 3.63) is 70.3 Å². The van der Waals surface area contributed by atoms with E-state index in [1.54, 1.807) is 25.1 Å². The van der Waals surface area contributed by atoms with Crippen LogP contribution in [0, 0.1) is 11.8 Å². The number of rotatable bonds is 4. The van der Waals surface area contributed by atoms with Crippen LogP contribution in [0.15, 0.2) is 48.6 Å².